The summed E-state index contributed by atoms with van der Waals surface area (Å²) in [6, 6.07) is 5.27. The summed E-state index contributed by atoms with van der Waals surface area (Å²) in [5.41, 5.74) is 0.584. The number of carbonyl (C=O) groups excluding carboxylic acids is 1. The number of β-amino-alcohol motifs (C(OH)–C–C–N with tert-alkyl or cyclic N) is 1. The van der Waals surface area contributed by atoms with E-state index in [1.807, 2.05) is 4.90 Å². The normalized spacial score (nSPS) is 19.9. The molecule has 6 nitrogen and oxygen atoms in total. The Balaban J connectivity index is 1.50. The van der Waals surface area contributed by atoms with E-state index in [9.17, 15) is 9.90 Å². The highest BCUT2D eigenvalue weighted by molar-refractivity contribution is 5.95. The number of piperazine rings is 1. The lowest BCUT2D eigenvalue weighted by Gasteiger charge is -2.36. The summed E-state index contributed by atoms with van der Waals surface area (Å²) in [5.74, 6) is 1.93. The molecule has 150 valence electrons. The number of benzene rings is 1. The topological polar surface area (TPSA) is 62.2 Å². The smallest absolute Gasteiger partial charge is 0.254 e. The molecule has 1 aromatic rings. The zero-order valence-corrected chi connectivity index (χ0v) is 16.5. The third-order valence-corrected chi connectivity index (χ3v) is 5.81. The van der Waals surface area contributed by atoms with Gasteiger partial charge in [0, 0.05) is 44.4 Å². The summed E-state index contributed by atoms with van der Waals surface area (Å²) in [7, 11) is 3.16. The highest BCUT2D eigenvalue weighted by atomic mass is 16.5. The molecule has 1 aromatic carbocycles. The fourth-order valence-corrected chi connectivity index (χ4v) is 4.25. The average Bonchev–Trinajstić information content (AvgIpc) is 3.20. The van der Waals surface area contributed by atoms with E-state index in [-0.39, 0.29) is 12.0 Å². The van der Waals surface area contributed by atoms with E-state index in [0.29, 0.717) is 42.6 Å². The molecule has 0 unspecified atom stereocenters. The van der Waals surface area contributed by atoms with Crippen molar-refractivity contribution in [3.8, 4) is 11.5 Å². The highest BCUT2D eigenvalue weighted by Crippen LogP contribution is 2.29. The van der Waals surface area contributed by atoms with Crippen molar-refractivity contribution >= 4 is 5.91 Å². The molecule has 1 saturated heterocycles. The molecule has 2 aliphatic rings. The Morgan fingerprint density at radius 1 is 1.07 bits per heavy atom. The molecule has 1 amide bonds. The second-order valence-electron chi connectivity index (χ2n) is 7.73. The predicted molar refractivity (Wildman–Crippen MR) is 104 cm³/mol. The monoisotopic (exact) mass is 376 g/mol. The minimum atomic E-state index is -0.252. The molecular formula is C21H32N2O4. The maximum Gasteiger partial charge on any atom is 0.254 e. The highest BCUT2D eigenvalue weighted by Gasteiger charge is 2.25. The summed E-state index contributed by atoms with van der Waals surface area (Å²) >= 11 is 0. The van der Waals surface area contributed by atoms with Crippen molar-refractivity contribution in [2.75, 3.05) is 46.9 Å². The van der Waals surface area contributed by atoms with Gasteiger partial charge in [-0.05, 0) is 24.5 Å². The molecule has 1 heterocycles. The van der Waals surface area contributed by atoms with Crippen molar-refractivity contribution in [1.82, 2.24) is 9.80 Å². The molecule has 1 N–H and O–H groups in total. The van der Waals surface area contributed by atoms with Gasteiger partial charge in [0.1, 0.15) is 11.5 Å². The SMILES string of the molecule is COc1cc(OC)cc(C(=O)N2CCN(C[C@H](O)CC3CCCC3)CC2)c1. The van der Waals surface area contributed by atoms with Gasteiger partial charge in [-0.1, -0.05) is 25.7 Å². The summed E-state index contributed by atoms with van der Waals surface area (Å²) < 4.78 is 10.5. The summed E-state index contributed by atoms with van der Waals surface area (Å²) in [5, 5.41) is 10.4. The van der Waals surface area contributed by atoms with E-state index in [0.717, 1.165) is 19.5 Å². The zero-order chi connectivity index (χ0) is 19.2. The van der Waals surface area contributed by atoms with Gasteiger partial charge in [0.15, 0.2) is 0 Å². The number of amides is 1. The third-order valence-electron chi connectivity index (χ3n) is 5.81. The number of hydrogen-bond donors (Lipinski definition) is 1. The Kier molecular flexibility index (Phi) is 6.96. The van der Waals surface area contributed by atoms with Gasteiger partial charge in [-0.2, -0.15) is 0 Å². The lowest BCUT2D eigenvalue weighted by molar-refractivity contribution is 0.0482. The standard InChI is InChI=1S/C21H32N2O4/c1-26-19-12-17(13-20(14-19)27-2)21(25)23-9-7-22(8-10-23)15-18(24)11-16-5-3-4-6-16/h12-14,16,18,24H,3-11,15H2,1-2H3/t18-/m1/s1. The molecule has 3 rings (SSSR count). The van der Waals surface area contributed by atoms with Crippen LogP contribution in [0.2, 0.25) is 0 Å². The van der Waals surface area contributed by atoms with E-state index in [4.69, 9.17) is 9.47 Å². The maximum absolute atomic E-state index is 12.8. The number of carbonyl (C=O) groups is 1. The first-order valence-corrected chi connectivity index (χ1v) is 10.0. The van der Waals surface area contributed by atoms with E-state index < -0.39 is 0 Å². The van der Waals surface area contributed by atoms with Gasteiger partial charge in [-0.25, -0.2) is 0 Å². The number of aliphatic hydroxyl groups excluding tert-OH is 1. The van der Waals surface area contributed by atoms with Gasteiger partial charge >= 0.3 is 0 Å². The number of ether oxygens (including phenoxy) is 2. The predicted octanol–water partition coefficient (Wildman–Crippen LogP) is 2.40. The largest absolute Gasteiger partial charge is 0.497 e. The molecule has 0 radical (unpaired) electrons. The maximum atomic E-state index is 12.8. The van der Waals surface area contributed by atoms with Crippen LogP contribution in [0, 0.1) is 5.92 Å². The van der Waals surface area contributed by atoms with Crippen LogP contribution in [0.5, 0.6) is 11.5 Å². The van der Waals surface area contributed by atoms with Crippen LogP contribution in [0.15, 0.2) is 18.2 Å². The van der Waals surface area contributed by atoms with Crippen LogP contribution in [0.1, 0.15) is 42.5 Å². The molecular weight excluding hydrogens is 344 g/mol. The molecule has 2 fully saturated rings. The first kappa shape index (κ1) is 20.0. The molecule has 1 aliphatic carbocycles. The average molecular weight is 376 g/mol. The number of nitrogens with zero attached hydrogens (tertiary/aromatic N) is 2. The second kappa shape index (κ2) is 9.42. The van der Waals surface area contributed by atoms with Crippen LogP contribution < -0.4 is 9.47 Å². The first-order chi connectivity index (χ1) is 13.1. The Morgan fingerprint density at radius 3 is 2.22 bits per heavy atom. The fraction of sp³-hybridized carbons (Fsp3) is 0.667. The van der Waals surface area contributed by atoms with Gasteiger partial charge in [0.05, 0.1) is 20.3 Å². The summed E-state index contributed by atoms with van der Waals surface area (Å²) in [6.07, 6.45) is 5.83. The quantitative estimate of drug-likeness (QED) is 0.792. The van der Waals surface area contributed by atoms with Crippen molar-refractivity contribution in [3.05, 3.63) is 23.8 Å². The minimum Gasteiger partial charge on any atom is -0.497 e. The molecule has 1 aliphatic heterocycles. The molecule has 0 bridgehead atoms. The van der Waals surface area contributed by atoms with E-state index in [1.165, 1.54) is 25.7 Å². The van der Waals surface area contributed by atoms with Gasteiger partial charge in [0.25, 0.3) is 5.91 Å². The lowest BCUT2D eigenvalue weighted by Crippen LogP contribution is -2.50. The fourth-order valence-electron chi connectivity index (χ4n) is 4.25. The summed E-state index contributed by atoms with van der Waals surface area (Å²) in [6.45, 7) is 3.66. The molecule has 0 spiro atoms. The van der Waals surface area contributed by atoms with Crippen molar-refractivity contribution in [2.45, 2.75) is 38.2 Å². The van der Waals surface area contributed by atoms with Crippen molar-refractivity contribution < 1.29 is 19.4 Å². The van der Waals surface area contributed by atoms with Gasteiger partial charge < -0.3 is 19.5 Å². The van der Waals surface area contributed by atoms with Gasteiger partial charge in [-0.15, -0.1) is 0 Å². The number of methoxy groups -OCH3 is 2. The molecule has 1 atom stereocenters. The lowest BCUT2D eigenvalue weighted by atomic mass is 9.99. The molecule has 6 heteroatoms. The summed E-state index contributed by atoms with van der Waals surface area (Å²) in [4.78, 5) is 17.0. The van der Waals surface area contributed by atoms with Crippen LogP contribution in [0.25, 0.3) is 0 Å². The van der Waals surface area contributed by atoms with E-state index in [1.54, 1.807) is 32.4 Å². The van der Waals surface area contributed by atoms with Crippen molar-refractivity contribution in [1.29, 1.82) is 0 Å². The number of aliphatic hydroxyl groups is 1. The number of hydrogen-bond acceptors (Lipinski definition) is 5. The first-order valence-electron chi connectivity index (χ1n) is 10.0. The third kappa shape index (κ3) is 5.36. The van der Waals surface area contributed by atoms with Gasteiger partial charge in [0.2, 0.25) is 0 Å². The van der Waals surface area contributed by atoms with Crippen LogP contribution in [-0.2, 0) is 0 Å². The van der Waals surface area contributed by atoms with Crippen LogP contribution >= 0.6 is 0 Å². The number of rotatable bonds is 7. The zero-order valence-electron chi connectivity index (χ0n) is 16.5. The Hall–Kier alpha value is -1.79. The Labute approximate surface area is 162 Å². The molecule has 1 saturated carbocycles. The van der Waals surface area contributed by atoms with Gasteiger partial charge in [-0.3, -0.25) is 9.69 Å². The Morgan fingerprint density at radius 2 is 1.67 bits per heavy atom. The van der Waals surface area contributed by atoms with Crippen LogP contribution in [0.4, 0.5) is 0 Å². The van der Waals surface area contributed by atoms with Crippen LogP contribution in [-0.4, -0.2) is 73.9 Å². The van der Waals surface area contributed by atoms with Crippen LogP contribution in [0.3, 0.4) is 0 Å². The van der Waals surface area contributed by atoms with E-state index in [2.05, 4.69) is 4.90 Å². The molecule has 27 heavy (non-hydrogen) atoms. The second-order valence-corrected chi connectivity index (χ2v) is 7.73. The Bertz CT molecular complexity index is 600. The van der Waals surface area contributed by atoms with Crippen molar-refractivity contribution in [3.63, 3.8) is 0 Å². The van der Waals surface area contributed by atoms with E-state index >= 15 is 0 Å². The minimum absolute atomic E-state index is 0.00152. The van der Waals surface area contributed by atoms with Crippen molar-refractivity contribution in [2.24, 2.45) is 5.92 Å². The molecule has 0 aromatic heterocycles.